The van der Waals surface area contributed by atoms with Crippen LogP contribution < -0.4 is 9.80 Å². The van der Waals surface area contributed by atoms with Crippen molar-refractivity contribution in [2.45, 2.75) is 10.8 Å². The number of fused-ring (bicyclic) bond motifs is 12. The van der Waals surface area contributed by atoms with Crippen LogP contribution in [0.15, 0.2) is 303 Å². The van der Waals surface area contributed by atoms with Crippen molar-refractivity contribution in [3.8, 4) is 44.5 Å². The van der Waals surface area contributed by atoms with Crippen LogP contribution in [0.5, 0.6) is 0 Å². The SMILES string of the molecule is c1ccc(-c2ccc(N(c3ccc4c(c3)C(c3ccccc3)(c3ccccc3)c3ccccc3-4)c3cccc4c3-c3ccccc3C43c4ccccc4N(c4ccccc4)c4ccccc43)cc2-c2ccccc2)cc1. The lowest BCUT2D eigenvalue weighted by atomic mass is 9.64. The van der Waals surface area contributed by atoms with Crippen LogP contribution in [-0.2, 0) is 10.8 Å². The Bertz CT molecular complexity index is 4080. The first kappa shape index (κ1) is 43.8. The molecule has 1 heterocycles. The number of rotatable bonds is 8. The average Bonchev–Trinajstić information content (AvgIpc) is 4.16. The van der Waals surface area contributed by atoms with Gasteiger partial charge in [-0.25, -0.2) is 0 Å². The normalized spacial score (nSPS) is 13.7. The van der Waals surface area contributed by atoms with Crippen LogP contribution in [0.25, 0.3) is 44.5 Å². The van der Waals surface area contributed by atoms with E-state index in [0.717, 1.165) is 22.7 Å². The van der Waals surface area contributed by atoms with Gasteiger partial charge in [0.05, 0.1) is 27.9 Å². The molecule has 356 valence electrons. The van der Waals surface area contributed by atoms with Crippen LogP contribution in [0.1, 0.15) is 44.5 Å². The maximum absolute atomic E-state index is 2.57. The molecule has 1 aliphatic heterocycles. The monoisotopic (exact) mass is 966 g/mol. The van der Waals surface area contributed by atoms with Gasteiger partial charge in [-0.3, -0.25) is 0 Å². The zero-order valence-corrected chi connectivity index (χ0v) is 41.8. The third-order valence-electron chi connectivity index (χ3n) is 16.5. The van der Waals surface area contributed by atoms with E-state index in [1.54, 1.807) is 0 Å². The molecule has 2 nitrogen and oxygen atoms in total. The van der Waals surface area contributed by atoms with Gasteiger partial charge in [-0.15, -0.1) is 0 Å². The second kappa shape index (κ2) is 17.4. The Morgan fingerprint density at radius 2 is 0.697 bits per heavy atom. The van der Waals surface area contributed by atoms with Crippen molar-refractivity contribution in [2.75, 3.05) is 9.80 Å². The average molecular weight is 967 g/mol. The molecular formula is C74H50N2. The zero-order chi connectivity index (χ0) is 50.2. The van der Waals surface area contributed by atoms with Crippen molar-refractivity contribution in [3.05, 3.63) is 348 Å². The van der Waals surface area contributed by atoms with Crippen LogP contribution in [0.2, 0.25) is 0 Å². The van der Waals surface area contributed by atoms with Crippen molar-refractivity contribution < 1.29 is 0 Å². The van der Waals surface area contributed by atoms with Crippen LogP contribution in [-0.4, -0.2) is 0 Å². The Morgan fingerprint density at radius 3 is 1.30 bits per heavy atom. The molecule has 0 saturated heterocycles. The second-order valence-electron chi connectivity index (χ2n) is 20.3. The van der Waals surface area contributed by atoms with Crippen LogP contribution in [0, 0.1) is 0 Å². The molecule has 0 saturated carbocycles. The highest BCUT2D eigenvalue weighted by atomic mass is 15.2. The minimum absolute atomic E-state index is 0.585. The minimum atomic E-state index is -0.631. The Kier molecular flexibility index (Phi) is 10.0. The third kappa shape index (κ3) is 6.28. The summed E-state index contributed by atoms with van der Waals surface area (Å²) in [7, 11) is 0. The maximum Gasteiger partial charge on any atom is 0.0755 e. The van der Waals surface area contributed by atoms with Crippen molar-refractivity contribution in [1.29, 1.82) is 0 Å². The van der Waals surface area contributed by atoms with Gasteiger partial charge in [-0.05, 0) is 138 Å². The van der Waals surface area contributed by atoms with E-state index in [9.17, 15) is 0 Å². The van der Waals surface area contributed by atoms with E-state index in [4.69, 9.17) is 0 Å². The quantitative estimate of drug-likeness (QED) is 0.150. The highest BCUT2D eigenvalue weighted by molar-refractivity contribution is 6.02. The highest BCUT2D eigenvalue weighted by Crippen LogP contribution is 2.66. The Balaban J connectivity index is 1.04. The molecule has 0 bridgehead atoms. The number of para-hydroxylation sites is 3. The lowest BCUT2D eigenvalue weighted by Gasteiger charge is -2.45. The first-order valence-electron chi connectivity index (χ1n) is 26.4. The molecule has 0 radical (unpaired) electrons. The Labute approximate surface area is 444 Å². The summed E-state index contributed by atoms with van der Waals surface area (Å²) >= 11 is 0. The standard InChI is InChI=1S/C74H50N2/c1-6-25-51(26-7-1)58-47-45-56(49-62(58)52-27-8-2-9-28-52)75(57-46-48-60-59-35-16-18-37-63(59)73(68(60)50-57,53-29-10-3-11-30-53)54-31-12-4-13-32-54)71-44-24-41-67-72(71)61-36-17-19-38-64(61)74(67)65-39-20-22-42-69(65)76(55-33-14-5-15-34-55)70-43-23-21-40-66(70)74/h1-50H. The summed E-state index contributed by atoms with van der Waals surface area (Å²) in [6.07, 6.45) is 0. The molecule has 2 heteroatoms. The van der Waals surface area contributed by atoms with Gasteiger partial charge in [0, 0.05) is 22.6 Å². The van der Waals surface area contributed by atoms with Crippen molar-refractivity contribution in [2.24, 2.45) is 0 Å². The fraction of sp³-hybridized carbons (Fsp3) is 0.0270. The molecule has 76 heavy (non-hydrogen) atoms. The maximum atomic E-state index is 2.57. The van der Waals surface area contributed by atoms with Gasteiger partial charge < -0.3 is 9.80 Å². The summed E-state index contributed by atoms with van der Waals surface area (Å²) in [5, 5.41) is 0. The van der Waals surface area contributed by atoms with Crippen molar-refractivity contribution in [3.63, 3.8) is 0 Å². The molecule has 12 aromatic rings. The van der Waals surface area contributed by atoms with E-state index < -0.39 is 10.8 Å². The van der Waals surface area contributed by atoms with E-state index in [1.165, 1.54) is 100 Å². The number of hydrogen-bond donors (Lipinski definition) is 0. The molecule has 0 amide bonds. The fourth-order valence-electron chi connectivity index (χ4n) is 13.6. The summed E-state index contributed by atoms with van der Waals surface area (Å²) in [5.74, 6) is 0. The first-order chi connectivity index (χ1) is 37.7. The molecular weight excluding hydrogens is 917 g/mol. The Morgan fingerprint density at radius 1 is 0.263 bits per heavy atom. The molecule has 12 aromatic carbocycles. The number of anilines is 6. The van der Waals surface area contributed by atoms with Crippen LogP contribution >= 0.6 is 0 Å². The third-order valence-corrected chi connectivity index (χ3v) is 16.5. The summed E-state index contributed by atoms with van der Waals surface area (Å²) in [6.45, 7) is 0. The molecule has 0 aromatic heterocycles. The van der Waals surface area contributed by atoms with Gasteiger partial charge in [-0.1, -0.05) is 249 Å². The summed E-state index contributed by atoms with van der Waals surface area (Å²) in [5.41, 5.74) is 25.3. The molecule has 2 aliphatic carbocycles. The minimum Gasteiger partial charge on any atom is -0.310 e. The first-order valence-corrected chi connectivity index (χ1v) is 26.4. The molecule has 15 rings (SSSR count). The van der Waals surface area contributed by atoms with Gasteiger partial charge in [-0.2, -0.15) is 0 Å². The lowest BCUT2D eigenvalue weighted by Crippen LogP contribution is -2.36. The molecule has 0 atom stereocenters. The molecule has 0 N–H and O–H groups in total. The lowest BCUT2D eigenvalue weighted by molar-refractivity contribution is 0.752. The van der Waals surface area contributed by atoms with E-state index in [1.807, 2.05) is 0 Å². The van der Waals surface area contributed by atoms with Gasteiger partial charge in [0.15, 0.2) is 0 Å². The van der Waals surface area contributed by atoms with E-state index in [-0.39, 0.29) is 0 Å². The van der Waals surface area contributed by atoms with Gasteiger partial charge in [0.2, 0.25) is 0 Å². The number of nitrogens with zero attached hydrogens (tertiary/aromatic N) is 2. The van der Waals surface area contributed by atoms with Crippen LogP contribution in [0.3, 0.4) is 0 Å². The van der Waals surface area contributed by atoms with E-state index in [2.05, 4.69) is 313 Å². The topological polar surface area (TPSA) is 6.48 Å². The smallest absolute Gasteiger partial charge is 0.0755 e. The number of benzene rings is 12. The van der Waals surface area contributed by atoms with E-state index in [0.29, 0.717) is 0 Å². The van der Waals surface area contributed by atoms with Crippen molar-refractivity contribution in [1.82, 2.24) is 0 Å². The predicted octanol–water partition coefficient (Wildman–Crippen LogP) is 19.0. The van der Waals surface area contributed by atoms with Gasteiger partial charge in [0.1, 0.15) is 0 Å². The summed E-state index contributed by atoms with van der Waals surface area (Å²) in [4.78, 5) is 5.02. The van der Waals surface area contributed by atoms with Crippen molar-refractivity contribution >= 4 is 34.1 Å². The fourth-order valence-corrected chi connectivity index (χ4v) is 13.6. The summed E-state index contributed by atoms with van der Waals surface area (Å²) in [6, 6.07) is 113. The second-order valence-corrected chi connectivity index (χ2v) is 20.3. The summed E-state index contributed by atoms with van der Waals surface area (Å²) < 4.78 is 0. The zero-order valence-electron chi connectivity index (χ0n) is 41.8. The molecule has 1 spiro atoms. The van der Waals surface area contributed by atoms with Gasteiger partial charge in [0.25, 0.3) is 0 Å². The van der Waals surface area contributed by atoms with Crippen LogP contribution in [0.4, 0.5) is 34.1 Å². The largest absolute Gasteiger partial charge is 0.310 e. The molecule has 3 aliphatic rings. The van der Waals surface area contributed by atoms with E-state index >= 15 is 0 Å². The van der Waals surface area contributed by atoms with Gasteiger partial charge >= 0.3 is 0 Å². The Hall–Kier alpha value is -9.76. The predicted molar refractivity (Wildman–Crippen MR) is 315 cm³/mol. The number of hydrogen-bond acceptors (Lipinski definition) is 2. The highest BCUT2D eigenvalue weighted by Gasteiger charge is 2.53. The molecule has 0 unspecified atom stereocenters. The molecule has 0 fully saturated rings.